The first-order valence-electron chi connectivity index (χ1n) is 5.59. The summed E-state index contributed by atoms with van der Waals surface area (Å²) >= 11 is 2.68. The van der Waals surface area contributed by atoms with E-state index in [9.17, 15) is 9.59 Å². The molecule has 104 valence electrons. The minimum atomic E-state index is -0.289. The predicted molar refractivity (Wildman–Crippen MR) is 78.0 cm³/mol. The molecule has 2 heterocycles. The van der Waals surface area contributed by atoms with Gasteiger partial charge in [0.1, 0.15) is 5.01 Å². The van der Waals surface area contributed by atoms with Gasteiger partial charge >= 0.3 is 0 Å². The van der Waals surface area contributed by atoms with Crippen molar-refractivity contribution in [3.05, 3.63) is 27.4 Å². The van der Waals surface area contributed by atoms with Crippen molar-refractivity contribution in [1.82, 2.24) is 15.6 Å². The van der Waals surface area contributed by atoms with Crippen LogP contribution in [0.5, 0.6) is 0 Å². The maximum atomic E-state index is 11.6. The molecule has 0 aliphatic heterocycles. The summed E-state index contributed by atoms with van der Waals surface area (Å²) in [5, 5.41) is 16.7. The van der Waals surface area contributed by atoms with Gasteiger partial charge in [-0.2, -0.15) is 5.10 Å². The Labute approximate surface area is 122 Å². The molecule has 2 aromatic heterocycles. The molecule has 0 bridgehead atoms. The van der Waals surface area contributed by atoms with Gasteiger partial charge in [-0.15, -0.1) is 21.5 Å². The molecule has 9 heteroatoms. The fourth-order valence-corrected chi connectivity index (χ4v) is 2.61. The van der Waals surface area contributed by atoms with Gasteiger partial charge in [0.2, 0.25) is 16.9 Å². The third-order valence-electron chi connectivity index (χ3n) is 1.99. The monoisotopic (exact) mass is 309 g/mol. The first-order valence-corrected chi connectivity index (χ1v) is 7.28. The Morgan fingerprint density at radius 1 is 1.45 bits per heavy atom. The van der Waals surface area contributed by atoms with Crippen LogP contribution in [0.1, 0.15) is 16.8 Å². The number of thiophene rings is 1. The van der Waals surface area contributed by atoms with Gasteiger partial charge in [-0.3, -0.25) is 9.59 Å². The number of carbonyl (C=O) groups excluding carboxylic acids is 2. The normalized spacial score (nSPS) is 10.7. The Hall–Kier alpha value is -2.13. The Bertz CT molecular complexity index is 621. The first kappa shape index (κ1) is 14.3. The fourth-order valence-electron chi connectivity index (χ4n) is 1.24. The third-order valence-corrected chi connectivity index (χ3v) is 3.63. The van der Waals surface area contributed by atoms with Crippen LogP contribution in [-0.2, 0) is 16.0 Å². The number of anilines is 1. The van der Waals surface area contributed by atoms with Crippen LogP contribution in [0.4, 0.5) is 5.13 Å². The minimum Gasteiger partial charge on any atom is -0.301 e. The Morgan fingerprint density at radius 2 is 2.30 bits per heavy atom. The van der Waals surface area contributed by atoms with E-state index in [1.54, 1.807) is 6.21 Å². The van der Waals surface area contributed by atoms with Crippen LogP contribution < -0.4 is 10.7 Å². The molecular formula is C11H11N5O2S2. The highest BCUT2D eigenvalue weighted by molar-refractivity contribution is 7.15. The SMILES string of the molecule is CC(=O)Nc1nnc(CC(=O)N/N=C/c2cccs2)s1. The number of carbonyl (C=O) groups is 2. The highest BCUT2D eigenvalue weighted by Crippen LogP contribution is 2.15. The summed E-state index contributed by atoms with van der Waals surface area (Å²) in [6.07, 6.45) is 1.64. The van der Waals surface area contributed by atoms with E-state index in [2.05, 4.69) is 26.0 Å². The van der Waals surface area contributed by atoms with E-state index in [4.69, 9.17) is 0 Å². The zero-order chi connectivity index (χ0) is 14.4. The lowest BCUT2D eigenvalue weighted by molar-refractivity contribution is -0.120. The lowest BCUT2D eigenvalue weighted by atomic mass is 10.4. The molecular weight excluding hydrogens is 298 g/mol. The number of hydrogen-bond donors (Lipinski definition) is 2. The summed E-state index contributed by atoms with van der Waals surface area (Å²) in [4.78, 5) is 23.4. The van der Waals surface area contributed by atoms with E-state index in [0.29, 0.717) is 10.1 Å². The van der Waals surface area contributed by atoms with Gasteiger partial charge < -0.3 is 5.32 Å². The van der Waals surface area contributed by atoms with Crippen molar-refractivity contribution in [2.24, 2.45) is 5.10 Å². The van der Waals surface area contributed by atoms with Gasteiger partial charge in [-0.1, -0.05) is 17.4 Å². The quantitative estimate of drug-likeness (QED) is 0.641. The summed E-state index contributed by atoms with van der Waals surface area (Å²) in [5.41, 5.74) is 2.41. The first-order chi connectivity index (χ1) is 9.63. The molecule has 0 radical (unpaired) electrons. The molecule has 0 saturated heterocycles. The highest BCUT2D eigenvalue weighted by Gasteiger charge is 2.09. The second-order valence-electron chi connectivity index (χ2n) is 3.67. The number of nitrogens with zero attached hydrogens (tertiary/aromatic N) is 3. The van der Waals surface area contributed by atoms with Crippen LogP contribution in [0.3, 0.4) is 0 Å². The number of rotatable bonds is 5. The average Bonchev–Trinajstić information content (AvgIpc) is 3.00. The lowest BCUT2D eigenvalue weighted by Crippen LogP contribution is -2.19. The van der Waals surface area contributed by atoms with Crippen molar-refractivity contribution < 1.29 is 9.59 Å². The summed E-state index contributed by atoms with van der Waals surface area (Å²) in [5.74, 6) is -0.513. The smallest absolute Gasteiger partial charge is 0.247 e. The second kappa shape index (κ2) is 6.87. The molecule has 2 aromatic rings. The van der Waals surface area contributed by atoms with Crippen molar-refractivity contribution in [1.29, 1.82) is 0 Å². The lowest BCUT2D eigenvalue weighted by Gasteiger charge is -1.95. The fraction of sp³-hybridized carbons (Fsp3) is 0.182. The van der Waals surface area contributed by atoms with Crippen LogP contribution in [0.25, 0.3) is 0 Å². The molecule has 20 heavy (non-hydrogen) atoms. The van der Waals surface area contributed by atoms with Crippen LogP contribution in [0.15, 0.2) is 22.6 Å². The third kappa shape index (κ3) is 4.52. The van der Waals surface area contributed by atoms with Gasteiger partial charge in [-0.25, -0.2) is 5.43 Å². The van der Waals surface area contributed by atoms with Crippen molar-refractivity contribution in [3.8, 4) is 0 Å². The Balaban J connectivity index is 1.82. The molecule has 0 aliphatic carbocycles. The molecule has 2 amide bonds. The van der Waals surface area contributed by atoms with E-state index in [1.807, 2.05) is 17.5 Å². The van der Waals surface area contributed by atoms with Crippen molar-refractivity contribution in [3.63, 3.8) is 0 Å². The summed E-state index contributed by atoms with van der Waals surface area (Å²) < 4.78 is 0. The molecule has 0 atom stereocenters. The van der Waals surface area contributed by atoms with Crippen molar-refractivity contribution in [2.75, 3.05) is 5.32 Å². The van der Waals surface area contributed by atoms with Gasteiger partial charge in [0.25, 0.3) is 0 Å². The van der Waals surface area contributed by atoms with Crippen LogP contribution >= 0.6 is 22.7 Å². The number of aromatic nitrogens is 2. The number of amides is 2. The molecule has 0 fully saturated rings. The minimum absolute atomic E-state index is 0.0685. The molecule has 2 N–H and O–H groups in total. The number of hydrazone groups is 1. The maximum absolute atomic E-state index is 11.6. The van der Waals surface area contributed by atoms with Gasteiger partial charge in [0, 0.05) is 11.8 Å². The van der Waals surface area contributed by atoms with E-state index in [-0.39, 0.29) is 18.2 Å². The highest BCUT2D eigenvalue weighted by atomic mass is 32.1. The van der Waals surface area contributed by atoms with Crippen LogP contribution in [0.2, 0.25) is 0 Å². The summed E-state index contributed by atoms with van der Waals surface area (Å²) in [6, 6.07) is 3.80. The largest absolute Gasteiger partial charge is 0.301 e. The van der Waals surface area contributed by atoms with Crippen molar-refractivity contribution >= 4 is 45.8 Å². The topological polar surface area (TPSA) is 96.3 Å². The van der Waals surface area contributed by atoms with E-state index < -0.39 is 0 Å². The molecule has 7 nitrogen and oxygen atoms in total. The number of nitrogens with one attached hydrogen (secondary N) is 2. The van der Waals surface area contributed by atoms with E-state index in [0.717, 1.165) is 16.2 Å². The van der Waals surface area contributed by atoms with Crippen LogP contribution in [0, 0.1) is 0 Å². The summed E-state index contributed by atoms with van der Waals surface area (Å²) in [6.45, 7) is 1.38. The molecule has 0 unspecified atom stereocenters. The van der Waals surface area contributed by atoms with E-state index >= 15 is 0 Å². The Kier molecular flexibility index (Phi) is 4.91. The van der Waals surface area contributed by atoms with Crippen molar-refractivity contribution in [2.45, 2.75) is 13.3 Å². The number of hydrogen-bond acceptors (Lipinski definition) is 7. The molecule has 0 saturated carbocycles. The molecule has 0 aromatic carbocycles. The predicted octanol–water partition coefficient (Wildman–Crippen LogP) is 1.25. The maximum Gasteiger partial charge on any atom is 0.247 e. The standard InChI is InChI=1S/C11H11N5O2S2/c1-7(17)13-11-16-15-10(20-11)5-9(18)14-12-6-8-3-2-4-19-8/h2-4,6H,5H2,1H3,(H,14,18)(H,13,16,17)/b12-6+. The molecule has 0 spiro atoms. The van der Waals surface area contributed by atoms with Gasteiger partial charge in [0.15, 0.2) is 0 Å². The average molecular weight is 309 g/mol. The second-order valence-corrected chi connectivity index (χ2v) is 5.71. The zero-order valence-electron chi connectivity index (χ0n) is 10.5. The summed E-state index contributed by atoms with van der Waals surface area (Å²) in [7, 11) is 0. The Morgan fingerprint density at radius 3 is 3.00 bits per heavy atom. The molecule has 0 aliphatic rings. The molecule has 2 rings (SSSR count). The van der Waals surface area contributed by atoms with Gasteiger partial charge in [-0.05, 0) is 11.4 Å². The zero-order valence-corrected chi connectivity index (χ0v) is 12.1. The van der Waals surface area contributed by atoms with Crippen LogP contribution in [-0.4, -0.2) is 28.2 Å². The van der Waals surface area contributed by atoms with Gasteiger partial charge in [0.05, 0.1) is 12.6 Å². The van der Waals surface area contributed by atoms with E-state index in [1.165, 1.54) is 18.3 Å².